The first-order chi connectivity index (χ1) is 14.9. The SMILES string of the molecule is Cl.NCCCCCCCCCCNCCSSCCNCCCCCCCCCCN. The zero-order chi connectivity index (χ0) is 21.8. The molecule has 0 aliphatic heterocycles. The Hall–Kier alpha value is 0.830. The van der Waals surface area contributed by atoms with Crippen LogP contribution in [0.25, 0.3) is 0 Å². The van der Waals surface area contributed by atoms with Crippen LogP contribution in [-0.2, 0) is 0 Å². The lowest BCUT2D eigenvalue weighted by molar-refractivity contribution is 0.556. The van der Waals surface area contributed by atoms with Crippen molar-refractivity contribution in [3.05, 3.63) is 0 Å². The Morgan fingerprint density at radius 3 is 1.00 bits per heavy atom. The summed E-state index contributed by atoms with van der Waals surface area (Å²) in [6.07, 6.45) is 21.6. The van der Waals surface area contributed by atoms with Crippen molar-refractivity contribution in [1.82, 2.24) is 10.6 Å². The normalized spacial score (nSPS) is 11.0. The van der Waals surface area contributed by atoms with Crippen molar-refractivity contribution in [2.45, 2.75) is 103 Å². The first kappa shape index (κ1) is 34.0. The van der Waals surface area contributed by atoms with Gasteiger partial charge in [0.25, 0.3) is 0 Å². The fraction of sp³-hybridized carbons (Fsp3) is 1.00. The zero-order valence-corrected chi connectivity index (χ0v) is 22.8. The molecule has 0 saturated heterocycles. The van der Waals surface area contributed by atoms with E-state index < -0.39 is 0 Å². The molecule has 0 atom stereocenters. The Labute approximate surface area is 209 Å². The van der Waals surface area contributed by atoms with Gasteiger partial charge in [0.1, 0.15) is 0 Å². The first-order valence-electron chi connectivity index (χ1n) is 13.0. The maximum atomic E-state index is 5.52. The van der Waals surface area contributed by atoms with Crippen LogP contribution >= 0.6 is 34.0 Å². The molecule has 0 aromatic heterocycles. The maximum Gasteiger partial charge on any atom is 0.0162 e. The summed E-state index contributed by atoms with van der Waals surface area (Å²) < 4.78 is 0. The lowest BCUT2D eigenvalue weighted by Gasteiger charge is -2.06. The molecule has 0 heterocycles. The van der Waals surface area contributed by atoms with E-state index in [9.17, 15) is 0 Å². The van der Waals surface area contributed by atoms with E-state index in [1.54, 1.807) is 0 Å². The fourth-order valence-corrected chi connectivity index (χ4v) is 5.40. The Balaban J connectivity index is 0. The smallest absolute Gasteiger partial charge is 0.0162 e. The number of unbranched alkanes of at least 4 members (excludes halogenated alkanes) is 14. The summed E-state index contributed by atoms with van der Waals surface area (Å²) in [5.74, 6) is 2.44. The molecule has 0 amide bonds. The molecule has 0 rings (SSSR count). The number of halogens is 1. The third-order valence-electron chi connectivity index (χ3n) is 5.42. The van der Waals surface area contributed by atoms with Gasteiger partial charge in [-0.2, -0.15) is 0 Å². The summed E-state index contributed by atoms with van der Waals surface area (Å²) in [6, 6.07) is 0. The van der Waals surface area contributed by atoms with Gasteiger partial charge in [-0.25, -0.2) is 0 Å². The van der Waals surface area contributed by atoms with Crippen molar-refractivity contribution in [2.24, 2.45) is 11.5 Å². The molecule has 0 unspecified atom stereocenters. The Kier molecular flexibility index (Phi) is 36.2. The van der Waals surface area contributed by atoms with Crippen LogP contribution in [0.5, 0.6) is 0 Å². The van der Waals surface area contributed by atoms with Gasteiger partial charge in [-0.15, -0.1) is 12.4 Å². The number of hydrogen-bond donors (Lipinski definition) is 4. The summed E-state index contributed by atoms with van der Waals surface area (Å²) >= 11 is 0. The summed E-state index contributed by atoms with van der Waals surface area (Å²) in [5.41, 5.74) is 11.0. The molecule has 0 aliphatic rings. The van der Waals surface area contributed by atoms with Gasteiger partial charge in [-0.3, -0.25) is 0 Å². The van der Waals surface area contributed by atoms with Gasteiger partial charge in [0.15, 0.2) is 0 Å². The molecule has 0 aliphatic carbocycles. The van der Waals surface area contributed by atoms with Crippen LogP contribution in [-0.4, -0.2) is 50.8 Å². The van der Waals surface area contributed by atoms with Gasteiger partial charge >= 0.3 is 0 Å². The van der Waals surface area contributed by atoms with E-state index in [0.29, 0.717) is 0 Å². The molecule has 0 bridgehead atoms. The van der Waals surface area contributed by atoms with Crippen molar-refractivity contribution in [3.8, 4) is 0 Å². The highest BCUT2D eigenvalue weighted by atomic mass is 35.5. The highest BCUT2D eigenvalue weighted by Gasteiger charge is 1.95. The minimum Gasteiger partial charge on any atom is -0.330 e. The second-order valence-electron chi connectivity index (χ2n) is 8.38. The molecule has 0 fully saturated rings. The number of nitrogens with one attached hydrogen (secondary N) is 2. The van der Waals surface area contributed by atoms with E-state index in [1.807, 2.05) is 21.6 Å². The lowest BCUT2D eigenvalue weighted by atomic mass is 10.1. The average Bonchev–Trinajstić information content (AvgIpc) is 2.76. The van der Waals surface area contributed by atoms with Crippen LogP contribution in [0.2, 0.25) is 0 Å². The molecule has 190 valence electrons. The molecular formula is C24H55ClN4S2. The average molecular weight is 499 g/mol. The van der Waals surface area contributed by atoms with Crippen molar-refractivity contribution >= 4 is 34.0 Å². The van der Waals surface area contributed by atoms with Gasteiger partial charge in [-0.05, 0) is 51.9 Å². The van der Waals surface area contributed by atoms with Gasteiger partial charge in [-0.1, -0.05) is 98.6 Å². The number of nitrogens with two attached hydrogens (primary N) is 2. The van der Waals surface area contributed by atoms with Crippen molar-refractivity contribution < 1.29 is 0 Å². The quantitative estimate of drug-likeness (QED) is 0.0806. The number of hydrogen-bond acceptors (Lipinski definition) is 6. The summed E-state index contributed by atoms with van der Waals surface area (Å²) in [4.78, 5) is 0. The zero-order valence-electron chi connectivity index (χ0n) is 20.4. The third kappa shape index (κ3) is 33.1. The standard InChI is InChI=1S/C24H54N4S2.ClH/c25-17-13-9-5-1-3-7-11-15-19-27-21-23-29-30-24-22-28-20-16-12-8-4-2-6-10-14-18-26;/h27-28H,1-26H2;1H. The molecule has 0 aromatic rings. The molecule has 6 N–H and O–H groups in total. The molecule has 4 nitrogen and oxygen atoms in total. The van der Waals surface area contributed by atoms with Crippen LogP contribution in [0.4, 0.5) is 0 Å². The van der Waals surface area contributed by atoms with Crippen LogP contribution in [0.3, 0.4) is 0 Å². The van der Waals surface area contributed by atoms with Gasteiger partial charge in [0.05, 0.1) is 0 Å². The predicted octanol–water partition coefficient (Wildman–Crippen LogP) is 6.13. The van der Waals surface area contributed by atoms with E-state index in [1.165, 1.54) is 127 Å². The second-order valence-corrected chi connectivity index (χ2v) is 11.1. The summed E-state index contributed by atoms with van der Waals surface area (Å²) in [6.45, 7) is 6.39. The summed E-state index contributed by atoms with van der Waals surface area (Å²) in [5, 5.41) is 7.17. The van der Waals surface area contributed by atoms with Crippen molar-refractivity contribution in [2.75, 3.05) is 50.8 Å². The van der Waals surface area contributed by atoms with Crippen LogP contribution in [0, 0.1) is 0 Å². The number of rotatable bonds is 27. The molecule has 31 heavy (non-hydrogen) atoms. The Morgan fingerprint density at radius 2 is 0.677 bits per heavy atom. The van der Waals surface area contributed by atoms with E-state index in [4.69, 9.17) is 11.5 Å². The van der Waals surface area contributed by atoms with E-state index in [-0.39, 0.29) is 12.4 Å². The minimum absolute atomic E-state index is 0. The predicted molar refractivity (Wildman–Crippen MR) is 150 cm³/mol. The summed E-state index contributed by atoms with van der Waals surface area (Å²) in [7, 11) is 4.03. The lowest BCUT2D eigenvalue weighted by Crippen LogP contribution is -2.19. The molecule has 0 radical (unpaired) electrons. The topological polar surface area (TPSA) is 76.1 Å². The van der Waals surface area contributed by atoms with E-state index in [2.05, 4.69) is 10.6 Å². The molecule has 0 spiro atoms. The van der Waals surface area contributed by atoms with Crippen LogP contribution < -0.4 is 22.1 Å². The van der Waals surface area contributed by atoms with E-state index in [0.717, 1.165) is 26.2 Å². The molecule has 0 aromatic carbocycles. The van der Waals surface area contributed by atoms with Crippen molar-refractivity contribution in [3.63, 3.8) is 0 Å². The monoisotopic (exact) mass is 498 g/mol. The van der Waals surface area contributed by atoms with Gasteiger partial charge in [0, 0.05) is 24.6 Å². The fourth-order valence-electron chi connectivity index (χ4n) is 3.51. The molecule has 0 saturated carbocycles. The first-order valence-corrected chi connectivity index (χ1v) is 15.5. The van der Waals surface area contributed by atoms with Gasteiger partial charge in [0.2, 0.25) is 0 Å². The minimum atomic E-state index is 0. The van der Waals surface area contributed by atoms with Gasteiger partial charge < -0.3 is 22.1 Å². The third-order valence-corrected chi connectivity index (χ3v) is 7.83. The largest absolute Gasteiger partial charge is 0.330 e. The second kappa shape index (κ2) is 33.0. The van der Waals surface area contributed by atoms with Crippen molar-refractivity contribution in [1.29, 1.82) is 0 Å². The Bertz CT molecular complexity index is 275. The maximum absolute atomic E-state index is 5.52. The van der Waals surface area contributed by atoms with Crippen LogP contribution in [0.15, 0.2) is 0 Å². The molecule has 7 heteroatoms. The highest BCUT2D eigenvalue weighted by molar-refractivity contribution is 8.76. The van der Waals surface area contributed by atoms with Crippen LogP contribution in [0.1, 0.15) is 103 Å². The highest BCUT2D eigenvalue weighted by Crippen LogP contribution is 2.19. The Morgan fingerprint density at radius 1 is 0.387 bits per heavy atom. The molecular weight excluding hydrogens is 444 g/mol. The van der Waals surface area contributed by atoms with E-state index >= 15 is 0 Å².